The van der Waals surface area contributed by atoms with Gasteiger partial charge in [-0.25, -0.2) is 4.39 Å². The van der Waals surface area contributed by atoms with Gasteiger partial charge in [0.15, 0.2) is 0 Å². The molecule has 0 fully saturated rings. The van der Waals surface area contributed by atoms with E-state index in [2.05, 4.69) is 20.7 Å². The minimum absolute atomic E-state index is 0.300. The first kappa shape index (κ1) is 15.3. The second-order valence-corrected chi connectivity index (χ2v) is 6.24. The fraction of sp³-hybridized carbons (Fsp3) is 0.312. The zero-order valence-electron chi connectivity index (χ0n) is 13.1. The molecule has 3 aromatic rings. The molecule has 0 saturated carbocycles. The number of benzene rings is 1. The van der Waals surface area contributed by atoms with E-state index in [-0.39, 0.29) is 5.82 Å². The number of nitrogens with one attached hydrogen (secondary N) is 1. The van der Waals surface area contributed by atoms with Crippen LogP contribution in [0.15, 0.2) is 24.4 Å². The van der Waals surface area contributed by atoms with Gasteiger partial charge in [0.2, 0.25) is 0 Å². The van der Waals surface area contributed by atoms with Crippen molar-refractivity contribution >= 4 is 11.6 Å². The zero-order valence-corrected chi connectivity index (χ0v) is 13.9. The van der Waals surface area contributed by atoms with Crippen molar-refractivity contribution in [3.8, 4) is 11.4 Å². The molecule has 0 amide bonds. The van der Waals surface area contributed by atoms with Gasteiger partial charge in [0, 0.05) is 48.4 Å². The van der Waals surface area contributed by atoms with E-state index in [1.165, 1.54) is 6.07 Å². The lowest BCUT2D eigenvalue weighted by molar-refractivity contribution is 0.557. The van der Waals surface area contributed by atoms with Crippen LogP contribution >= 0.6 is 11.6 Å². The average Bonchev–Trinajstić information content (AvgIpc) is 3.15. The van der Waals surface area contributed by atoms with Crippen molar-refractivity contribution in [2.45, 2.75) is 19.5 Å². The summed E-state index contributed by atoms with van der Waals surface area (Å²) in [7, 11) is 1.82. The molecule has 1 aliphatic rings. The van der Waals surface area contributed by atoms with E-state index in [1.54, 1.807) is 16.8 Å². The Balaban J connectivity index is 1.80. The second kappa shape index (κ2) is 5.99. The van der Waals surface area contributed by atoms with Gasteiger partial charge in [0.1, 0.15) is 17.2 Å². The standard InChI is InChI=1S/C16H16ClFN6/c1-23-9-14(20-22-23)16-10-7-19-6-5-15(10)24(21-16)8-11-12(17)3-2-4-13(11)18/h2-4,9,19H,5-8H2,1H3. The number of hydrogen-bond acceptors (Lipinski definition) is 4. The Hall–Kier alpha value is -2.25. The molecule has 0 saturated heterocycles. The van der Waals surface area contributed by atoms with E-state index in [0.717, 1.165) is 35.6 Å². The predicted molar refractivity (Wildman–Crippen MR) is 88.1 cm³/mol. The van der Waals surface area contributed by atoms with Gasteiger partial charge in [-0.05, 0) is 12.1 Å². The summed E-state index contributed by atoms with van der Waals surface area (Å²) in [5.41, 5.74) is 4.14. The smallest absolute Gasteiger partial charge is 0.133 e. The Kier molecular flexibility index (Phi) is 3.82. The first-order valence-corrected chi connectivity index (χ1v) is 8.10. The molecule has 1 N–H and O–H groups in total. The van der Waals surface area contributed by atoms with Crippen molar-refractivity contribution in [2.24, 2.45) is 7.05 Å². The van der Waals surface area contributed by atoms with Gasteiger partial charge in [-0.2, -0.15) is 5.10 Å². The van der Waals surface area contributed by atoms with E-state index in [1.807, 2.05) is 17.9 Å². The molecule has 3 heterocycles. The Morgan fingerprint density at radius 3 is 3.00 bits per heavy atom. The zero-order chi connectivity index (χ0) is 16.7. The highest BCUT2D eigenvalue weighted by atomic mass is 35.5. The molecule has 124 valence electrons. The third-order valence-corrected chi connectivity index (χ3v) is 4.58. The maximum absolute atomic E-state index is 14.1. The minimum atomic E-state index is -0.318. The van der Waals surface area contributed by atoms with Crippen LogP contribution in [0.4, 0.5) is 4.39 Å². The minimum Gasteiger partial charge on any atom is -0.312 e. The number of aromatic nitrogens is 5. The second-order valence-electron chi connectivity index (χ2n) is 5.84. The summed E-state index contributed by atoms with van der Waals surface area (Å²) in [5, 5.41) is 16.6. The molecule has 8 heteroatoms. The van der Waals surface area contributed by atoms with E-state index in [4.69, 9.17) is 11.6 Å². The molecule has 0 aliphatic carbocycles. The molecule has 1 aliphatic heterocycles. The Bertz CT molecular complexity index is 880. The number of hydrogen-bond donors (Lipinski definition) is 1. The summed E-state index contributed by atoms with van der Waals surface area (Å²) in [6, 6.07) is 4.72. The van der Waals surface area contributed by atoms with Crippen LogP contribution in [0.3, 0.4) is 0 Å². The van der Waals surface area contributed by atoms with Crippen molar-refractivity contribution in [1.29, 1.82) is 0 Å². The van der Waals surface area contributed by atoms with Crippen molar-refractivity contribution in [3.63, 3.8) is 0 Å². The topological polar surface area (TPSA) is 60.6 Å². The average molecular weight is 347 g/mol. The van der Waals surface area contributed by atoms with Crippen LogP contribution in [0.1, 0.15) is 16.8 Å². The normalized spacial score (nSPS) is 14.0. The SMILES string of the molecule is Cn1cc(-c2nn(Cc3c(F)cccc3Cl)c3c2CNCC3)nn1. The van der Waals surface area contributed by atoms with Gasteiger partial charge in [0.25, 0.3) is 0 Å². The van der Waals surface area contributed by atoms with Gasteiger partial charge >= 0.3 is 0 Å². The van der Waals surface area contributed by atoms with Crippen molar-refractivity contribution in [3.05, 3.63) is 52.1 Å². The maximum atomic E-state index is 14.1. The number of halogens is 2. The van der Waals surface area contributed by atoms with Gasteiger partial charge in [-0.15, -0.1) is 5.10 Å². The molecule has 24 heavy (non-hydrogen) atoms. The summed E-state index contributed by atoms with van der Waals surface area (Å²) in [6.07, 6.45) is 2.66. The first-order chi connectivity index (χ1) is 11.6. The van der Waals surface area contributed by atoms with Crippen LogP contribution in [-0.4, -0.2) is 31.3 Å². The van der Waals surface area contributed by atoms with Crippen LogP contribution in [0.5, 0.6) is 0 Å². The summed E-state index contributed by atoms with van der Waals surface area (Å²) >= 11 is 6.17. The summed E-state index contributed by atoms with van der Waals surface area (Å²) in [5.74, 6) is -0.318. The van der Waals surface area contributed by atoms with E-state index >= 15 is 0 Å². The fourth-order valence-electron chi connectivity index (χ4n) is 3.05. The van der Waals surface area contributed by atoms with Gasteiger partial charge in [-0.1, -0.05) is 22.9 Å². The van der Waals surface area contributed by atoms with E-state index in [0.29, 0.717) is 23.7 Å². The van der Waals surface area contributed by atoms with E-state index < -0.39 is 0 Å². The lowest BCUT2D eigenvalue weighted by atomic mass is 10.1. The molecule has 0 bridgehead atoms. The van der Waals surface area contributed by atoms with Gasteiger partial charge in [-0.3, -0.25) is 9.36 Å². The van der Waals surface area contributed by atoms with Crippen LogP contribution in [0.25, 0.3) is 11.4 Å². The molecule has 4 rings (SSSR count). The molecule has 6 nitrogen and oxygen atoms in total. The molecule has 2 aromatic heterocycles. The maximum Gasteiger partial charge on any atom is 0.133 e. The monoisotopic (exact) mass is 346 g/mol. The van der Waals surface area contributed by atoms with Crippen LogP contribution in [-0.2, 0) is 26.6 Å². The predicted octanol–water partition coefficient (Wildman–Crippen LogP) is 2.17. The highest BCUT2D eigenvalue weighted by molar-refractivity contribution is 6.31. The van der Waals surface area contributed by atoms with Crippen molar-refractivity contribution < 1.29 is 4.39 Å². The number of fused-ring (bicyclic) bond motifs is 1. The largest absolute Gasteiger partial charge is 0.312 e. The molecule has 0 atom stereocenters. The lowest BCUT2D eigenvalue weighted by Crippen LogP contribution is -2.25. The summed E-state index contributed by atoms with van der Waals surface area (Å²) in [4.78, 5) is 0. The van der Waals surface area contributed by atoms with Crippen LogP contribution in [0.2, 0.25) is 5.02 Å². The van der Waals surface area contributed by atoms with Crippen molar-refractivity contribution in [1.82, 2.24) is 30.1 Å². The summed E-state index contributed by atoms with van der Waals surface area (Å²) < 4.78 is 17.6. The number of aryl methyl sites for hydroxylation is 1. The molecule has 1 aromatic carbocycles. The fourth-order valence-corrected chi connectivity index (χ4v) is 3.27. The third kappa shape index (κ3) is 2.59. The first-order valence-electron chi connectivity index (χ1n) is 7.72. The molecular weight excluding hydrogens is 331 g/mol. The van der Waals surface area contributed by atoms with E-state index in [9.17, 15) is 4.39 Å². The molecular formula is C16H16ClFN6. The third-order valence-electron chi connectivity index (χ3n) is 4.22. The van der Waals surface area contributed by atoms with Crippen molar-refractivity contribution in [2.75, 3.05) is 6.54 Å². The highest BCUT2D eigenvalue weighted by Crippen LogP contribution is 2.28. The number of rotatable bonds is 3. The Morgan fingerprint density at radius 1 is 1.38 bits per heavy atom. The van der Waals surface area contributed by atoms with Gasteiger partial charge < -0.3 is 5.32 Å². The van der Waals surface area contributed by atoms with Crippen LogP contribution in [0, 0.1) is 5.82 Å². The molecule has 0 unspecified atom stereocenters. The quantitative estimate of drug-likeness (QED) is 0.789. The lowest BCUT2D eigenvalue weighted by Gasteiger charge is -2.16. The number of nitrogens with zero attached hydrogens (tertiary/aromatic N) is 5. The molecule has 0 radical (unpaired) electrons. The summed E-state index contributed by atoms with van der Waals surface area (Å²) in [6.45, 7) is 1.88. The Morgan fingerprint density at radius 2 is 2.25 bits per heavy atom. The highest BCUT2D eigenvalue weighted by Gasteiger charge is 2.24. The van der Waals surface area contributed by atoms with Crippen LogP contribution < -0.4 is 5.32 Å². The molecule has 0 spiro atoms. The Labute approximate surface area is 143 Å². The van der Waals surface area contributed by atoms with Gasteiger partial charge in [0.05, 0.1) is 12.7 Å².